The van der Waals surface area contributed by atoms with Crippen LogP contribution in [0.1, 0.15) is 16.3 Å². The topological polar surface area (TPSA) is 110 Å². The fourth-order valence-corrected chi connectivity index (χ4v) is 0.820. The average Bonchev–Trinajstić information content (AvgIpc) is 2.75. The van der Waals surface area contributed by atoms with E-state index >= 15 is 0 Å². The van der Waals surface area contributed by atoms with Crippen LogP contribution in [0, 0.1) is 6.92 Å². The molecule has 0 saturated carbocycles. The van der Waals surface area contributed by atoms with Crippen molar-refractivity contribution in [1.29, 1.82) is 0 Å². The molecule has 8 heteroatoms. The third kappa shape index (κ3) is 1.58. The number of nitrogens with one attached hydrogen (secondary N) is 2. The summed E-state index contributed by atoms with van der Waals surface area (Å²) in [7, 11) is 0. The maximum absolute atomic E-state index is 11.3. The number of carbonyl (C=O) groups excluding carboxylic acids is 1. The van der Waals surface area contributed by atoms with E-state index in [1.165, 1.54) is 6.20 Å². The zero-order valence-electron chi connectivity index (χ0n) is 7.18. The van der Waals surface area contributed by atoms with Gasteiger partial charge >= 0.3 is 6.01 Å². The first-order valence-corrected chi connectivity index (χ1v) is 3.73. The number of amides is 1. The number of nitrogens with zero attached hydrogens (tertiary/aromatic N) is 4. The van der Waals surface area contributed by atoms with Crippen LogP contribution in [0.3, 0.4) is 0 Å². The van der Waals surface area contributed by atoms with Crippen LogP contribution in [-0.2, 0) is 0 Å². The first kappa shape index (κ1) is 8.35. The molecule has 72 valence electrons. The minimum absolute atomic E-state index is 0.0375. The molecule has 14 heavy (non-hydrogen) atoms. The number of hydrogen-bond acceptors (Lipinski definition) is 6. The standard InChI is InChI=1S/C6H6N6O2/c1-3-8-6(14-11-3)9-5(13)4-2-7-12-10-4/h2H,1H3,(H,7,10,12)(H,8,9,11,13). The SMILES string of the molecule is Cc1noc(NC(=O)c2cn[nH]n2)n1. The summed E-state index contributed by atoms with van der Waals surface area (Å²) < 4.78 is 4.68. The van der Waals surface area contributed by atoms with Gasteiger partial charge in [-0.15, -0.1) is 0 Å². The molecule has 0 saturated heterocycles. The Bertz CT molecular complexity index is 433. The zero-order valence-corrected chi connectivity index (χ0v) is 7.18. The number of anilines is 1. The molecule has 0 aliphatic rings. The lowest BCUT2D eigenvalue weighted by Gasteiger charge is -1.93. The third-order valence-corrected chi connectivity index (χ3v) is 1.40. The van der Waals surface area contributed by atoms with Gasteiger partial charge in [0.25, 0.3) is 5.91 Å². The first-order chi connectivity index (χ1) is 6.75. The van der Waals surface area contributed by atoms with Gasteiger partial charge in [-0.3, -0.25) is 10.1 Å². The molecular weight excluding hydrogens is 188 g/mol. The Kier molecular flexibility index (Phi) is 1.94. The van der Waals surface area contributed by atoms with Crippen molar-refractivity contribution in [3.63, 3.8) is 0 Å². The van der Waals surface area contributed by atoms with Gasteiger partial charge < -0.3 is 4.52 Å². The van der Waals surface area contributed by atoms with E-state index in [2.05, 4.69) is 35.4 Å². The van der Waals surface area contributed by atoms with Crippen molar-refractivity contribution in [3.05, 3.63) is 17.7 Å². The maximum atomic E-state index is 11.3. The number of aromatic nitrogens is 5. The lowest BCUT2D eigenvalue weighted by atomic mass is 10.4. The largest absolute Gasteiger partial charge is 0.328 e. The second-order valence-electron chi connectivity index (χ2n) is 2.46. The molecule has 2 N–H and O–H groups in total. The first-order valence-electron chi connectivity index (χ1n) is 3.73. The molecule has 1 amide bonds. The summed E-state index contributed by atoms with van der Waals surface area (Å²) in [6.07, 6.45) is 1.29. The highest BCUT2D eigenvalue weighted by molar-refractivity contribution is 6.01. The van der Waals surface area contributed by atoms with Gasteiger partial charge in [-0.1, -0.05) is 5.16 Å². The van der Waals surface area contributed by atoms with E-state index in [0.717, 1.165) is 0 Å². The molecule has 0 radical (unpaired) electrons. The average molecular weight is 194 g/mol. The van der Waals surface area contributed by atoms with Crippen LogP contribution >= 0.6 is 0 Å². The minimum atomic E-state index is -0.456. The van der Waals surface area contributed by atoms with Gasteiger partial charge in [0.15, 0.2) is 11.5 Å². The molecule has 0 fully saturated rings. The summed E-state index contributed by atoms with van der Waals surface area (Å²) in [6.45, 7) is 1.65. The molecule has 0 unspecified atom stereocenters. The number of rotatable bonds is 2. The lowest BCUT2D eigenvalue weighted by molar-refractivity contribution is 0.101. The van der Waals surface area contributed by atoms with Gasteiger partial charge in [0.2, 0.25) is 0 Å². The molecule has 0 aliphatic heterocycles. The second-order valence-corrected chi connectivity index (χ2v) is 2.46. The van der Waals surface area contributed by atoms with Crippen molar-refractivity contribution < 1.29 is 9.32 Å². The van der Waals surface area contributed by atoms with Crippen molar-refractivity contribution in [1.82, 2.24) is 25.6 Å². The quantitative estimate of drug-likeness (QED) is 0.682. The molecule has 8 nitrogen and oxygen atoms in total. The lowest BCUT2D eigenvalue weighted by Crippen LogP contribution is -2.12. The molecule has 2 rings (SSSR count). The Hall–Kier alpha value is -2.25. The van der Waals surface area contributed by atoms with Crippen LogP contribution in [0.5, 0.6) is 0 Å². The third-order valence-electron chi connectivity index (χ3n) is 1.40. The van der Waals surface area contributed by atoms with Crippen molar-refractivity contribution in [2.24, 2.45) is 0 Å². The molecule has 0 bridgehead atoms. The predicted molar refractivity (Wildman–Crippen MR) is 43.4 cm³/mol. The molecule has 0 spiro atoms. The van der Waals surface area contributed by atoms with E-state index in [4.69, 9.17) is 0 Å². The van der Waals surface area contributed by atoms with Crippen LogP contribution in [0.25, 0.3) is 0 Å². The van der Waals surface area contributed by atoms with E-state index in [0.29, 0.717) is 5.82 Å². The van der Waals surface area contributed by atoms with Gasteiger partial charge in [-0.25, -0.2) is 0 Å². The van der Waals surface area contributed by atoms with E-state index in [9.17, 15) is 4.79 Å². The normalized spacial score (nSPS) is 10.1. The highest BCUT2D eigenvalue weighted by Gasteiger charge is 2.12. The smallest absolute Gasteiger partial charge is 0.315 e. The minimum Gasteiger partial charge on any atom is -0.315 e. The van der Waals surface area contributed by atoms with Crippen LogP contribution in [0.2, 0.25) is 0 Å². The molecule has 0 atom stereocenters. The second kappa shape index (κ2) is 3.24. The highest BCUT2D eigenvalue weighted by atomic mass is 16.5. The van der Waals surface area contributed by atoms with Crippen LogP contribution in [0.15, 0.2) is 10.7 Å². The summed E-state index contributed by atoms with van der Waals surface area (Å²) in [5, 5.41) is 15.3. The zero-order chi connectivity index (χ0) is 9.97. The monoisotopic (exact) mass is 194 g/mol. The summed E-state index contributed by atoms with van der Waals surface area (Å²) in [4.78, 5) is 15.1. The summed E-state index contributed by atoms with van der Waals surface area (Å²) in [5.41, 5.74) is 0.154. The van der Waals surface area contributed by atoms with E-state index in [1.54, 1.807) is 6.92 Å². The fourth-order valence-electron chi connectivity index (χ4n) is 0.820. The molecule has 0 aromatic carbocycles. The molecular formula is C6H6N6O2. The molecule has 2 aromatic rings. The van der Waals surface area contributed by atoms with Gasteiger partial charge in [0.1, 0.15) is 0 Å². The Labute approximate surface area is 77.7 Å². The predicted octanol–water partition coefficient (Wildman–Crippen LogP) is -0.252. The Morgan fingerprint density at radius 1 is 1.64 bits per heavy atom. The van der Waals surface area contributed by atoms with Crippen LogP contribution < -0.4 is 5.32 Å². The van der Waals surface area contributed by atoms with Crippen molar-refractivity contribution in [2.75, 3.05) is 5.32 Å². The number of H-pyrrole nitrogens is 1. The van der Waals surface area contributed by atoms with Crippen molar-refractivity contribution >= 4 is 11.9 Å². The fraction of sp³-hybridized carbons (Fsp3) is 0.167. The number of aromatic amines is 1. The molecule has 2 heterocycles. The number of aryl methyl sites for hydroxylation is 1. The van der Waals surface area contributed by atoms with Crippen LogP contribution in [-0.4, -0.2) is 31.5 Å². The Morgan fingerprint density at radius 3 is 3.07 bits per heavy atom. The summed E-state index contributed by atoms with van der Waals surface area (Å²) in [6, 6.07) is 0.0375. The van der Waals surface area contributed by atoms with Gasteiger partial charge in [-0.2, -0.15) is 20.4 Å². The number of hydrogen-bond donors (Lipinski definition) is 2. The van der Waals surface area contributed by atoms with Crippen molar-refractivity contribution in [2.45, 2.75) is 6.92 Å². The molecule has 2 aromatic heterocycles. The Morgan fingerprint density at radius 2 is 2.50 bits per heavy atom. The van der Waals surface area contributed by atoms with E-state index < -0.39 is 5.91 Å². The number of carbonyl (C=O) groups is 1. The van der Waals surface area contributed by atoms with Gasteiger partial charge in [0.05, 0.1) is 6.20 Å². The van der Waals surface area contributed by atoms with E-state index in [1.807, 2.05) is 0 Å². The summed E-state index contributed by atoms with van der Waals surface area (Å²) in [5.74, 6) is -0.0112. The van der Waals surface area contributed by atoms with Crippen molar-refractivity contribution in [3.8, 4) is 0 Å². The highest BCUT2D eigenvalue weighted by Crippen LogP contribution is 2.03. The maximum Gasteiger partial charge on any atom is 0.328 e. The summed E-state index contributed by atoms with van der Waals surface area (Å²) >= 11 is 0. The van der Waals surface area contributed by atoms with Gasteiger partial charge in [-0.05, 0) is 6.92 Å². The van der Waals surface area contributed by atoms with Crippen LogP contribution in [0.4, 0.5) is 6.01 Å². The molecule has 0 aliphatic carbocycles. The Balaban J connectivity index is 2.09. The van der Waals surface area contributed by atoms with E-state index in [-0.39, 0.29) is 11.7 Å². The van der Waals surface area contributed by atoms with Gasteiger partial charge in [0, 0.05) is 0 Å².